The molecule has 0 aromatic rings. The van der Waals surface area contributed by atoms with Crippen molar-refractivity contribution in [2.45, 2.75) is 322 Å². The summed E-state index contributed by atoms with van der Waals surface area (Å²) < 4.78 is 16.9. The highest BCUT2D eigenvalue weighted by Gasteiger charge is 2.19. The summed E-state index contributed by atoms with van der Waals surface area (Å²) in [6.07, 6.45) is 79.0. The summed E-state index contributed by atoms with van der Waals surface area (Å²) in [5.74, 6) is -0.875. The van der Waals surface area contributed by atoms with E-state index >= 15 is 0 Å². The molecule has 0 aromatic carbocycles. The van der Waals surface area contributed by atoms with E-state index in [-0.39, 0.29) is 31.1 Å². The van der Waals surface area contributed by atoms with Crippen molar-refractivity contribution >= 4 is 17.9 Å². The van der Waals surface area contributed by atoms with Crippen LogP contribution in [-0.4, -0.2) is 37.2 Å². The molecule has 422 valence electrons. The molecule has 0 aliphatic heterocycles. The predicted molar refractivity (Wildman–Crippen MR) is 316 cm³/mol. The SMILES string of the molecule is CC/C=C\C/C=C\C/C=C\C/C=C\C/C=C\C/C=C\CCCCCCCCC(=O)OCC(COC(=O)CCCCCCCCCCCCC)OC(=O)CCCCCCCCCCCCCCCCCCCCC. The summed E-state index contributed by atoms with van der Waals surface area (Å²) in [5, 5.41) is 0. The minimum Gasteiger partial charge on any atom is -0.462 e. The molecule has 6 nitrogen and oxygen atoms in total. The highest BCUT2D eigenvalue weighted by molar-refractivity contribution is 5.71. The van der Waals surface area contributed by atoms with Crippen molar-refractivity contribution in [1.82, 2.24) is 0 Å². The largest absolute Gasteiger partial charge is 0.462 e. The zero-order valence-corrected chi connectivity index (χ0v) is 48.4. The lowest BCUT2D eigenvalue weighted by molar-refractivity contribution is -0.167. The van der Waals surface area contributed by atoms with Gasteiger partial charge >= 0.3 is 17.9 Å². The number of esters is 3. The van der Waals surface area contributed by atoms with Crippen LogP contribution in [0.3, 0.4) is 0 Å². The van der Waals surface area contributed by atoms with Gasteiger partial charge in [-0.05, 0) is 70.6 Å². The van der Waals surface area contributed by atoms with Crippen LogP contribution < -0.4 is 0 Å². The average Bonchev–Trinajstić information content (AvgIpc) is 3.39. The van der Waals surface area contributed by atoms with E-state index in [1.54, 1.807) is 0 Å². The molecule has 0 aliphatic rings. The molecule has 73 heavy (non-hydrogen) atoms. The lowest BCUT2D eigenvalue weighted by Gasteiger charge is -2.18. The van der Waals surface area contributed by atoms with Crippen molar-refractivity contribution < 1.29 is 28.6 Å². The quantitative estimate of drug-likeness (QED) is 0.0261. The van der Waals surface area contributed by atoms with Crippen molar-refractivity contribution in [3.8, 4) is 0 Å². The number of allylic oxidation sites excluding steroid dienone is 12. The van der Waals surface area contributed by atoms with Gasteiger partial charge < -0.3 is 14.2 Å². The van der Waals surface area contributed by atoms with Gasteiger partial charge in [-0.2, -0.15) is 0 Å². The minimum absolute atomic E-state index is 0.0757. The van der Waals surface area contributed by atoms with Gasteiger partial charge in [0.1, 0.15) is 13.2 Å². The first-order chi connectivity index (χ1) is 36.0. The van der Waals surface area contributed by atoms with Crippen molar-refractivity contribution in [2.75, 3.05) is 13.2 Å². The summed E-state index contributed by atoms with van der Waals surface area (Å²) in [4.78, 5) is 38.2. The first-order valence-electron chi connectivity index (χ1n) is 31.4. The fraction of sp³-hybridized carbons (Fsp3) is 0.776. The summed E-state index contributed by atoms with van der Waals surface area (Å²) in [6, 6.07) is 0. The van der Waals surface area contributed by atoms with E-state index in [4.69, 9.17) is 14.2 Å². The van der Waals surface area contributed by atoms with Crippen LogP contribution in [-0.2, 0) is 28.6 Å². The van der Waals surface area contributed by atoms with Crippen LogP contribution in [0, 0.1) is 0 Å². The van der Waals surface area contributed by atoms with Gasteiger partial charge in [-0.1, -0.05) is 299 Å². The van der Waals surface area contributed by atoms with Gasteiger partial charge in [0, 0.05) is 19.3 Å². The number of ether oxygens (including phenoxy) is 3. The molecule has 0 N–H and O–H groups in total. The lowest BCUT2D eigenvalue weighted by Crippen LogP contribution is -2.30. The van der Waals surface area contributed by atoms with Crippen LogP contribution in [0.25, 0.3) is 0 Å². The highest BCUT2D eigenvalue weighted by Crippen LogP contribution is 2.17. The van der Waals surface area contributed by atoms with Crippen LogP contribution >= 0.6 is 0 Å². The van der Waals surface area contributed by atoms with Gasteiger partial charge in [-0.25, -0.2) is 0 Å². The Balaban J connectivity index is 4.30. The lowest BCUT2D eigenvalue weighted by atomic mass is 10.0. The zero-order chi connectivity index (χ0) is 52.9. The molecule has 0 aromatic heterocycles. The molecule has 0 rings (SSSR count). The molecule has 6 heteroatoms. The molecular weight excluding hydrogens is 901 g/mol. The van der Waals surface area contributed by atoms with Gasteiger partial charge in [-0.3, -0.25) is 14.4 Å². The van der Waals surface area contributed by atoms with Gasteiger partial charge in [0.25, 0.3) is 0 Å². The first-order valence-corrected chi connectivity index (χ1v) is 31.4. The standard InChI is InChI=1S/C67H118O6/c1-4-7-10-13-16-19-22-24-26-28-30-31-32-33-34-35-37-38-40-42-45-48-51-54-57-60-66(69)72-63-64(62-71-65(68)59-56-53-50-47-44-21-18-15-12-9-6-3)73-67(70)61-58-55-52-49-46-43-41-39-36-29-27-25-23-20-17-14-11-8-5-2/h7,10,16,19,24,26,30-31,33-34,37-38,64H,4-6,8-9,11-15,17-18,20-23,25,27-29,32,35-36,39-63H2,1-3H3/b10-7-,19-16-,26-24-,31-30-,34-33-,38-37-. The number of rotatable bonds is 57. The summed E-state index contributed by atoms with van der Waals surface area (Å²) in [7, 11) is 0. The highest BCUT2D eigenvalue weighted by atomic mass is 16.6. The van der Waals surface area contributed by atoms with Crippen molar-refractivity contribution in [2.24, 2.45) is 0 Å². The monoisotopic (exact) mass is 1020 g/mol. The third-order valence-corrected chi connectivity index (χ3v) is 13.7. The Morgan fingerprint density at radius 2 is 0.534 bits per heavy atom. The van der Waals surface area contributed by atoms with Crippen LogP contribution in [0.1, 0.15) is 316 Å². The molecular formula is C67H118O6. The summed E-state index contributed by atoms with van der Waals surface area (Å²) in [6.45, 7) is 6.55. The van der Waals surface area contributed by atoms with Crippen LogP contribution in [0.15, 0.2) is 72.9 Å². The molecule has 0 saturated heterocycles. The third-order valence-electron chi connectivity index (χ3n) is 13.7. The Morgan fingerprint density at radius 3 is 0.836 bits per heavy atom. The molecule has 0 bridgehead atoms. The van der Waals surface area contributed by atoms with E-state index in [1.165, 1.54) is 173 Å². The second-order valence-electron chi connectivity index (χ2n) is 21.0. The summed E-state index contributed by atoms with van der Waals surface area (Å²) in [5.41, 5.74) is 0. The van der Waals surface area contributed by atoms with Gasteiger partial charge in [-0.15, -0.1) is 0 Å². The van der Waals surface area contributed by atoms with Crippen LogP contribution in [0.2, 0.25) is 0 Å². The first kappa shape index (κ1) is 69.8. The van der Waals surface area contributed by atoms with Crippen LogP contribution in [0.4, 0.5) is 0 Å². The molecule has 0 saturated carbocycles. The number of hydrogen-bond acceptors (Lipinski definition) is 6. The molecule has 1 unspecified atom stereocenters. The Bertz CT molecular complexity index is 1360. The predicted octanol–water partition coefficient (Wildman–Crippen LogP) is 21.3. The normalized spacial score (nSPS) is 12.5. The maximum Gasteiger partial charge on any atom is 0.306 e. The van der Waals surface area contributed by atoms with E-state index in [9.17, 15) is 14.4 Å². The number of hydrogen-bond donors (Lipinski definition) is 0. The molecule has 0 radical (unpaired) electrons. The number of unbranched alkanes of at least 4 members (excludes halogenated alkanes) is 34. The minimum atomic E-state index is -0.779. The van der Waals surface area contributed by atoms with E-state index in [0.717, 1.165) is 103 Å². The Kier molecular flexibility index (Phi) is 58.7. The molecule has 0 heterocycles. The van der Waals surface area contributed by atoms with Gasteiger partial charge in [0.05, 0.1) is 0 Å². The van der Waals surface area contributed by atoms with Crippen molar-refractivity contribution in [3.05, 3.63) is 72.9 Å². The van der Waals surface area contributed by atoms with Crippen molar-refractivity contribution in [1.29, 1.82) is 0 Å². The zero-order valence-electron chi connectivity index (χ0n) is 48.4. The molecule has 0 amide bonds. The fourth-order valence-electron chi connectivity index (χ4n) is 9.04. The Hall–Kier alpha value is -3.15. The second-order valence-corrected chi connectivity index (χ2v) is 21.0. The topological polar surface area (TPSA) is 78.9 Å². The van der Waals surface area contributed by atoms with Crippen LogP contribution in [0.5, 0.6) is 0 Å². The Morgan fingerprint density at radius 1 is 0.288 bits per heavy atom. The molecule has 1 atom stereocenters. The molecule has 0 spiro atoms. The fourth-order valence-corrected chi connectivity index (χ4v) is 9.04. The second kappa shape index (κ2) is 61.4. The maximum absolute atomic E-state index is 12.9. The average molecular weight is 1020 g/mol. The van der Waals surface area contributed by atoms with E-state index in [0.29, 0.717) is 19.3 Å². The third kappa shape index (κ3) is 59.6. The van der Waals surface area contributed by atoms with E-state index in [2.05, 4.69) is 93.7 Å². The number of carbonyl (C=O) groups excluding carboxylic acids is 3. The molecule has 0 aliphatic carbocycles. The molecule has 0 fully saturated rings. The Labute approximate surface area is 453 Å². The summed E-state index contributed by atoms with van der Waals surface area (Å²) >= 11 is 0. The van der Waals surface area contributed by atoms with E-state index in [1.807, 2.05) is 0 Å². The van der Waals surface area contributed by atoms with Gasteiger partial charge in [0.15, 0.2) is 6.10 Å². The number of carbonyl (C=O) groups is 3. The maximum atomic E-state index is 12.9. The van der Waals surface area contributed by atoms with Crippen molar-refractivity contribution in [3.63, 3.8) is 0 Å². The smallest absolute Gasteiger partial charge is 0.306 e. The van der Waals surface area contributed by atoms with E-state index < -0.39 is 6.10 Å². The van der Waals surface area contributed by atoms with Gasteiger partial charge in [0.2, 0.25) is 0 Å².